The number of nitrogens with zero attached hydrogens (tertiary/aromatic N) is 1. The zero-order chi connectivity index (χ0) is 8.27. The molecule has 0 aliphatic carbocycles. The lowest BCUT2D eigenvalue weighted by atomic mass is 10.2. The Labute approximate surface area is 70.9 Å². The van der Waals surface area contributed by atoms with E-state index in [1.165, 1.54) is 4.88 Å². The maximum atomic E-state index is 8.60. The van der Waals surface area contributed by atoms with Crippen LogP contribution in [0.3, 0.4) is 0 Å². The van der Waals surface area contributed by atoms with Crippen molar-refractivity contribution in [1.82, 2.24) is 4.98 Å². The van der Waals surface area contributed by atoms with Gasteiger partial charge >= 0.3 is 0 Å². The van der Waals surface area contributed by atoms with Crippen molar-refractivity contribution in [3.8, 4) is 0 Å². The molecule has 1 heterocycles. The highest BCUT2D eigenvalue weighted by Gasteiger charge is 2.02. The van der Waals surface area contributed by atoms with E-state index < -0.39 is 0 Å². The molecule has 0 fully saturated rings. The van der Waals surface area contributed by atoms with Crippen LogP contribution in [0.2, 0.25) is 0 Å². The second-order valence-corrected chi connectivity index (χ2v) is 3.97. The quantitative estimate of drug-likeness (QED) is 0.750. The number of hydrogen-bond acceptors (Lipinski definition) is 3. The Bertz CT molecular complexity index is 232. The van der Waals surface area contributed by atoms with E-state index in [0.29, 0.717) is 0 Å². The van der Waals surface area contributed by atoms with Crippen LogP contribution in [0.15, 0.2) is 0 Å². The van der Waals surface area contributed by atoms with E-state index in [0.717, 1.165) is 23.5 Å². The fourth-order valence-corrected chi connectivity index (χ4v) is 1.91. The standard InChI is InChI=1S/C8H13NOS/c1-6-8(4-3-5-10)9-7(2)11-6/h10H,3-5H2,1-2H3. The molecule has 0 spiro atoms. The third-order valence-corrected chi connectivity index (χ3v) is 2.50. The summed E-state index contributed by atoms with van der Waals surface area (Å²) in [6, 6.07) is 0. The number of rotatable bonds is 3. The Balaban J connectivity index is 2.62. The number of aryl methyl sites for hydroxylation is 3. The molecule has 0 bridgehead atoms. The van der Waals surface area contributed by atoms with E-state index in [1.54, 1.807) is 11.3 Å². The molecule has 1 aromatic heterocycles. The van der Waals surface area contributed by atoms with E-state index in [1.807, 2.05) is 6.92 Å². The molecule has 0 saturated carbocycles. The van der Waals surface area contributed by atoms with Crippen molar-refractivity contribution in [2.75, 3.05) is 6.61 Å². The minimum Gasteiger partial charge on any atom is -0.396 e. The van der Waals surface area contributed by atoms with Gasteiger partial charge in [-0.2, -0.15) is 0 Å². The Hall–Kier alpha value is -0.410. The van der Waals surface area contributed by atoms with Gasteiger partial charge in [0, 0.05) is 11.5 Å². The monoisotopic (exact) mass is 171 g/mol. The van der Waals surface area contributed by atoms with Gasteiger partial charge in [-0.1, -0.05) is 0 Å². The summed E-state index contributed by atoms with van der Waals surface area (Å²) in [6.07, 6.45) is 1.73. The van der Waals surface area contributed by atoms with Crippen LogP contribution in [-0.2, 0) is 6.42 Å². The van der Waals surface area contributed by atoms with Crippen LogP contribution in [0, 0.1) is 13.8 Å². The molecule has 0 radical (unpaired) electrons. The number of hydrogen-bond donors (Lipinski definition) is 1. The van der Waals surface area contributed by atoms with Crippen LogP contribution in [0.25, 0.3) is 0 Å². The smallest absolute Gasteiger partial charge is 0.0900 e. The molecule has 0 atom stereocenters. The predicted molar refractivity (Wildman–Crippen MR) is 47.0 cm³/mol. The maximum absolute atomic E-state index is 8.60. The Morgan fingerprint density at radius 2 is 2.18 bits per heavy atom. The molecule has 3 heteroatoms. The highest BCUT2D eigenvalue weighted by molar-refractivity contribution is 7.11. The summed E-state index contributed by atoms with van der Waals surface area (Å²) in [5.41, 5.74) is 1.15. The topological polar surface area (TPSA) is 33.1 Å². The second-order valence-electron chi connectivity index (χ2n) is 2.56. The van der Waals surface area contributed by atoms with Crippen LogP contribution in [0.1, 0.15) is 22.0 Å². The number of aliphatic hydroxyl groups is 1. The van der Waals surface area contributed by atoms with Crippen LogP contribution in [-0.4, -0.2) is 16.7 Å². The fourth-order valence-electron chi connectivity index (χ4n) is 1.05. The number of thiazole rings is 1. The summed E-state index contributed by atoms with van der Waals surface area (Å²) in [5, 5.41) is 9.72. The first-order valence-electron chi connectivity index (χ1n) is 3.78. The Morgan fingerprint density at radius 1 is 1.45 bits per heavy atom. The highest BCUT2D eigenvalue weighted by atomic mass is 32.1. The lowest BCUT2D eigenvalue weighted by Crippen LogP contribution is -1.91. The van der Waals surface area contributed by atoms with Crippen molar-refractivity contribution in [3.63, 3.8) is 0 Å². The Kier molecular flexibility index (Phi) is 3.02. The SMILES string of the molecule is Cc1nc(CCCO)c(C)s1. The van der Waals surface area contributed by atoms with E-state index in [4.69, 9.17) is 5.11 Å². The lowest BCUT2D eigenvalue weighted by Gasteiger charge is -1.93. The van der Waals surface area contributed by atoms with Crippen molar-refractivity contribution in [1.29, 1.82) is 0 Å². The van der Waals surface area contributed by atoms with Gasteiger partial charge in [0.2, 0.25) is 0 Å². The molecule has 1 N–H and O–H groups in total. The first-order valence-corrected chi connectivity index (χ1v) is 4.59. The first-order chi connectivity index (χ1) is 5.24. The van der Waals surface area contributed by atoms with Crippen LogP contribution in [0.4, 0.5) is 0 Å². The molecule has 1 aromatic rings. The van der Waals surface area contributed by atoms with Gasteiger partial charge in [-0.3, -0.25) is 0 Å². The fraction of sp³-hybridized carbons (Fsp3) is 0.625. The minimum absolute atomic E-state index is 0.260. The average Bonchev–Trinajstić information content (AvgIpc) is 2.26. The zero-order valence-electron chi connectivity index (χ0n) is 6.92. The van der Waals surface area contributed by atoms with Crippen molar-refractivity contribution >= 4 is 11.3 Å². The van der Waals surface area contributed by atoms with Gasteiger partial charge in [0.15, 0.2) is 0 Å². The number of aliphatic hydroxyl groups excluding tert-OH is 1. The summed E-state index contributed by atoms with van der Waals surface area (Å²) in [6.45, 7) is 4.35. The maximum Gasteiger partial charge on any atom is 0.0900 e. The molecule has 62 valence electrons. The molecule has 0 unspecified atom stereocenters. The molecule has 2 nitrogen and oxygen atoms in total. The molecule has 0 saturated heterocycles. The van der Waals surface area contributed by atoms with Gasteiger partial charge < -0.3 is 5.11 Å². The molecule has 0 aliphatic heterocycles. The van der Waals surface area contributed by atoms with Crippen LogP contribution >= 0.6 is 11.3 Å². The third-order valence-electron chi connectivity index (χ3n) is 1.57. The summed E-state index contributed by atoms with van der Waals surface area (Å²) in [5.74, 6) is 0. The van der Waals surface area contributed by atoms with E-state index in [2.05, 4.69) is 11.9 Å². The summed E-state index contributed by atoms with van der Waals surface area (Å²) < 4.78 is 0. The number of aromatic nitrogens is 1. The molecule has 0 aliphatic rings. The van der Waals surface area contributed by atoms with Gasteiger partial charge in [-0.25, -0.2) is 4.98 Å². The van der Waals surface area contributed by atoms with E-state index >= 15 is 0 Å². The molecular formula is C8H13NOS. The third kappa shape index (κ3) is 2.27. The molecule has 0 amide bonds. The van der Waals surface area contributed by atoms with Gasteiger partial charge in [0.05, 0.1) is 10.7 Å². The molecule has 11 heavy (non-hydrogen) atoms. The second kappa shape index (κ2) is 3.83. The normalized spacial score (nSPS) is 10.5. The van der Waals surface area contributed by atoms with Gasteiger partial charge in [-0.15, -0.1) is 11.3 Å². The molecule has 0 aromatic carbocycles. The van der Waals surface area contributed by atoms with E-state index in [9.17, 15) is 0 Å². The predicted octanol–water partition coefficient (Wildman–Crippen LogP) is 1.68. The van der Waals surface area contributed by atoms with Crippen molar-refractivity contribution < 1.29 is 5.11 Å². The summed E-state index contributed by atoms with van der Waals surface area (Å²) in [4.78, 5) is 5.64. The van der Waals surface area contributed by atoms with Gasteiger partial charge in [0.25, 0.3) is 0 Å². The summed E-state index contributed by atoms with van der Waals surface area (Å²) >= 11 is 1.73. The van der Waals surface area contributed by atoms with Crippen molar-refractivity contribution in [2.24, 2.45) is 0 Å². The van der Waals surface area contributed by atoms with Crippen molar-refractivity contribution in [3.05, 3.63) is 15.6 Å². The molecule has 1 rings (SSSR count). The van der Waals surface area contributed by atoms with E-state index in [-0.39, 0.29) is 6.61 Å². The molecular weight excluding hydrogens is 158 g/mol. The zero-order valence-corrected chi connectivity index (χ0v) is 7.74. The Morgan fingerprint density at radius 3 is 2.64 bits per heavy atom. The van der Waals surface area contributed by atoms with Crippen LogP contribution < -0.4 is 0 Å². The first kappa shape index (κ1) is 8.68. The summed E-state index contributed by atoms with van der Waals surface area (Å²) in [7, 11) is 0. The minimum atomic E-state index is 0.260. The van der Waals surface area contributed by atoms with Crippen molar-refractivity contribution in [2.45, 2.75) is 26.7 Å². The lowest BCUT2D eigenvalue weighted by molar-refractivity contribution is 0.288. The van der Waals surface area contributed by atoms with Gasteiger partial charge in [-0.05, 0) is 26.7 Å². The highest BCUT2D eigenvalue weighted by Crippen LogP contribution is 2.17. The average molecular weight is 171 g/mol. The van der Waals surface area contributed by atoms with Crippen LogP contribution in [0.5, 0.6) is 0 Å². The largest absolute Gasteiger partial charge is 0.396 e. The van der Waals surface area contributed by atoms with Gasteiger partial charge in [0.1, 0.15) is 0 Å².